The number of carbonyl (C=O) groups is 1. The first kappa shape index (κ1) is 21.2. The third-order valence-corrected chi connectivity index (χ3v) is 7.10. The van der Waals surface area contributed by atoms with Gasteiger partial charge in [0.2, 0.25) is 5.91 Å². The quantitative estimate of drug-likeness (QED) is 0.219. The topological polar surface area (TPSA) is 60.0 Å². The number of nitrogens with two attached hydrogens (primary N) is 1. The molecule has 3 N–H and O–H groups in total. The summed E-state index contributed by atoms with van der Waals surface area (Å²) in [7, 11) is 0. The summed E-state index contributed by atoms with van der Waals surface area (Å²) in [5, 5.41) is 5.12. The highest BCUT2D eigenvalue weighted by Gasteiger charge is 2.22. The van der Waals surface area contributed by atoms with Gasteiger partial charge in [0.1, 0.15) is 5.25 Å². The number of hydrogen-bond acceptors (Lipinski definition) is 3. The molecule has 1 atom stereocenters. The van der Waals surface area contributed by atoms with E-state index in [0.717, 1.165) is 28.1 Å². The van der Waals surface area contributed by atoms with Gasteiger partial charge in [-0.1, -0.05) is 48.5 Å². The van der Waals surface area contributed by atoms with Crippen molar-refractivity contribution in [2.24, 2.45) is 0 Å². The Morgan fingerprint density at radius 1 is 0.879 bits per heavy atom. The van der Waals surface area contributed by atoms with E-state index in [9.17, 15) is 4.79 Å². The van der Waals surface area contributed by atoms with Gasteiger partial charge in [-0.2, -0.15) is 0 Å². The van der Waals surface area contributed by atoms with Crippen LogP contribution in [0.4, 0.5) is 11.4 Å². The molecule has 0 saturated heterocycles. The van der Waals surface area contributed by atoms with Gasteiger partial charge in [-0.3, -0.25) is 4.79 Å². The van der Waals surface area contributed by atoms with Crippen LogP contribution in [0.1, 0.15) is 17.7 Å². The van der Waals surface area contributed by atoms with Gasteiger partial charge in [0.05, 0.1) is 0 Å². The van der Waals surface area contributed by atoms with Gasteiger partial charge in [0.25, 0.3) is 0 Å². The monoisotopic (exact) mass is 451 g/mol. The van der Waals surface area contributed by atoms with Crippen molar-refractivity contribution in [3.8, 4) is 0 Å². The van der Waals surface area contributed by atoms with E-state index in [2.05, 4.69) is 53.2 Å². The number of carbonyl (C=O) groups excluding carboxylic acids is 1. The Hall–Kier alpha value is -3.70. The van der Waals surface area contributed by atoms with Crippen molar-refractivity contribution < 1.29 is 4.79 Å². The second-order valence-electron chi connectivity index (χ2n) is 7.96. The van der Waals surface area contributed by atoms with Crippen LogP contribution in [0.15, 0.2) is 102 Å². The molecule has 4 nitrogen and oxygen atoms in total. The lowest BCUT2D eigenvalue weighted by molar-refractivity contribution is -0.115. The molecule has 1 unspecified atom stereocenters. The van der Waals surface area contributed by atoms with Gasteiger partial charge in [-0.15, -0.1) is 11.8 Å². The van der Waals surface area contributed by atoms with E-state index in [1.54, 1.807) is 0 Å². The van der Waals surface area contributed by atoms with Gasteiger partial charge >= 0.3 is 0 Å². The van der Waals surface area contributed by atoms with Crippen molar-refractivity contribution in [2.45, 2.75) is 23.6 Å². The summed E-state index contributed by atoms with van der Waals surface area (Å²) >= 11 is 1.52. The molecule has 5 rings (SSSR count). The molecule has 4 aromatic carbocycles. The number of amides is 1. The number of hydrogen-bond donors (Lipinski definition) is 2. The van der Waals surface area contributed by atoms with Gasteiger partial charge in [-0.25, -0.2) is 0 Å². The number of fused-ring (bicyclic) bond motifs is 3. The average Bonchev–Trinajstić information content (AvgIpc) is 3.17. The number of nitrogens with one attached hydrogen (secondary N) is 1. The van der Waals surface area contributed by atoms with Crippen LogP contribution in [0, 0.1) is 0 Å². The van der Waals surface area contributed by atoms with E-state index in [1.807, 2.05) is 60.7 Å². The second kappa shape index (κ2) is 9.04. The van der Waals surface area contributed by atoms with Crippen molar-refractivity contribution in [3.63, 3.8) is 0 Å². The van der Waals surface area contributed by atoms with Crippen LogP contribution in [-0.4, -0.2) is 10.5 Å². The fraction of sp³-hybridized carbons (Fsp3) is 0.107. The molecule has 5 aromatic rings. The van der Waals surface area contributed by atoms with E-state index in [-0.39, 0.29) is 11.2 Å². The molecule has 0 radical (unpaired) electrons. The van der Waals surface area contributed by atoms with Crippen LogP contribution in [0.3, 0.4) is 0 Å². The normalized spacial score (nSPS) is 12.2. The summed E-state index contributed by atoms with van der Waals surface area (Å²) in [5.41, 5.74) is 10.7. The molecule has 1 amide bonds. The van der Waals surface area contributed by atoms with Crippen LogP contribution >= 0.6 is 11.8 Å². The highest BCUT2D eigenvalue weighted by Crippen LogP contribution is 2.37. The minimum absolute atomic E-state index is 0.0541. The predicted molar refractivity (Wildman–Crippen MR) is 140 cm³/mol. The number of nitrogens with zero attached hydrogens (tertiary/aromatic N) is 1. The molecule has 0 bridgehead atoms. The van der Waals surface area contributed by atoms with Gasteiger partial charge in [0, 0.05) is 44.6 Å². The lowest BCUT2D eigenvalue weighted by atomic mass is 10.1. The molecule has 1 aromatic heterocycles. The van der Waals surface area contributed by atoms with E-state index in [4.69, 9.17) is 5.73 Å². The largest absolute Gasteiger partial charge is 0.399 e. The highest BCUT2D eigenvalue weighted by atomic mass is 32.2. The second-order valence-corrected chi connectivity index (χ2v) is 9.14. The predicted octanol–water partition coefficient (Wildman–Crippen LogP) is 6.87. The van der Waals surface area contributed by atoms with Gasteiger partial charge in [0.15, 0.2) is 0 Å². The average molecular weight is 452 g/mol. The molecule has 0 spiro atoms. The maximum Gasteiger partial charge on any atom is 0.242 e. The third-order valence-electron chi connectivity index (χ3n) is 5.83. The molecular formula is C28H25N3OS. The molecule has 0 aliphatic heterocycles. The van der Waals surface area contributed by atoms with E-state index < -0.39 is 0 Å². The Morgan fingerprint density at radius 2 is 1.58 bits per heavy atom. The zero-order chi connectivity index (χ0) is 22.8. The summed E-state index contributed by atoms with van der Waals surface area (Å²) in [6, 6.07) is 32.1. The molecule has 164 valence electrons. The van der Waals surface area contributed by atoms with Crippen LogP contribution in [-0.2, 0) is 11.3 Å². The number of thioether (sulfide) groups is 1. The number of para-hydroxylation sites is 1. The minimum atomic E-state index is -0.387. The third kappa shape index (κ3) is 4.20. The number of aryl methyl sites for hydroxylation is 1. The molecule has 0 fully saturated rings. The summed E-state index contributed by atoms with van der Waals surface area (Å²) in [6.45, 7) is 3.05. The van der Waals surface area contributed by atoms with Crippen LogP contribution in [0.25, 0.3) is 21.8 Å². The van der Waals surface area contributed by atoms with E-state index >= 15 is 0 Å². The number of benzene rings is 4. The fourth-order valence-electron chi connectivity index (χ4n) is 4.26. The van der Waals surface area contributed by atoms with Gasteiger partial charge < -0.3 is 15.6 Å². The maximum atomic E-state index is 13.5. The summed E-state index contributed by atoms with van der Waals surface area (Å²) < 4.78 is 2.31. The van der Waals surface area contributed by atoms with E-state index in [1.165, 1.54) is 28.2 Å². The Kier molecular flexibility index (Phi) is 5.80. The Labute approximate surface area is 197 Å². The first-order valence-corrected chi connectivity index (χ1v) is 11.9. The lowest BCUT2D eigenvalue weighted by Gasteiger charge is -2.17. The zero-order valence-corrected chi connectivity index (χ0v) is 19.2. The smallest absolute Gasteiger partial charge is 0.242 e. The standard InChI is InChI=1S/C28H25N3OS/c1-2-31-25-11-7-6-10-23(25)24-18-21(14-17-26(24)31)30-28(32)27(19-8-4-3-5-9-19)33-22-15-12-20(29)13-16-22/h3-18,27H,2,29H2,1H3,(H,30,32). The first-order chi connectivity index (χ1) is 16.1. The van der Waals surface area contributed by atoms with Crippen molar-refractivity contribution in [3.05, 3.63) is 103 Å². The summed E-state index contributed by atoms with van der Waals surface area (Å²) in [6.07, 6.45) is 0. The molecule has 1 heterocycles. The molecule has 0 aliphatic rings. The van der Waals surface area contributed by atoms with E-state index in [0.29, 0.717) is 5.69 Å². The van der Waals surface area contributed by atoms with Crippen molar-refractivity contribution in [2.75, 3.05) is 11.1 Å². The Morgan fingerprint density at radius 3 is 2.33 bits per heavy atom. The van der Waals surface area contributed by atoms with Crippen molar-refractivity contribution in [1.29, 1.82) is 0 Å². The summed E-state index contributed by atoms with van der Waals surface area (Å²) in [4.78, 5) is 14.5. The van der Waals surface area contributed by atoms with Crippen LogP contribution in [0.2, 0.25) is 0 Å². The SMILES string of the molecule is CCn1c2ccccc2c2cc(NC(=O)C(Sc3ccc(N)cc3)c3ccccc3)ccc21. The zero-order valence-electron chi connectivity index (χ0n) is 18.4. The molecule has 5 heteroatoms. The van der Waals surface area contributed by atoms with Gasteiger partial charge in [-0.05, 0) is 61.0 Å². The number of anilines is 2. The molecule has 0 aliphatic carbocycles. The first-order valence-electron chi connectivity index (χ1n) is 11.0. The Bertz CT molecular complexity index is 1420. The molecule has 0 saturated carbocycles. The van der Waals surface area contributed by atoms with Crippen molar-refractivity contribution >= 4 is 50.8 Å². The number of nitrogen functional groups attached to an aromatic ring is 1. The maximum absolute atomic E-state index is 13.5. The highest BCUT2D eigenvalue weighted by molar-refractivity contribution is 8.00. The number of rotatable bonds is 6. The molecule has 33 heavy (non-hydrogen) atoms. The summed E-state index contributed by atoms with van der Waals surface area (Å²) in [5.74, 6) is -0.0541. The number of aromatic nitrogens is 1. The minimum Gasteiger partial charge on any atom is -0.399 e. The lowest BCUT2D eigenvalue weighted by Crippen LogP contribution is -2.19. The van der Waals surface area contributed by atoms with Crippen LogP contribution < -0.4 is 11.1 Å². The fourth-order valence-corrected chi connectivity index (χ4v) is 5.29. The Balaban J connectivity index is 1.49. The molecular weight excluding hydrogens is 426 g/mol. The van der Waals surface area contributed by atoms with Crippen LogP contribution in [0.5, 0.6) is 0 Å². The van der Waals surface area contributed by atoms with Crippen molar-refractivity contribution in [1.82, 2.24) is 4.57 Å².